The normalized spacial score (nSPS) is 12.2. The molecule has 4 nitrogen and oxygen atoms in total. The van der Waals surface area contributed by atoms with Crippen LogP contribution in [0.15, 0.2) is 30.3 Å². The van der Waals surface area contributed by atoms with Gasteiger partial charge in [0.25, 0.3) is 0 Å². The summed E-state index contributed by atoms with van der Waals surface area (Å²) < 4.78 is 0. The highest BCUT2D eigenvalue weighted by molar-refractivity contribution is 5.74. The molecule has 17 heavy (non-hydrogen) atoms. The molecule has 0 aromatic heterocycles. The number of urea groups is 1. The lowest BCUT2D eigenvalue weighted by molar-refractivity contribution is 0.238. The Morgan fingerprint density at radius 3 is 2.53 bits per heavy atom. The minimum absolute atomic E-state index is 0.0319. The number of carbonyl (C=O) groups is 1. The predicted molar refractivity (Wildman–Crippen MR) is 69.7 cm³/mol. The van der Waals surface area contributed by atoms with Crippen molar-refractivity contribution in [1.29, 1.82) is 0 Å². The molecule has 0 radical (unpaired) electrons. The van der Waals surface area contributed by atoms with Crippen LogP contribution in [-0.2, 0) is 0 Å². The van der Waals surface area contributed by atoms with Crippen molar-refractivity contribution in [2.24, 2.45) is 5.73 Å². The van der Waals surface area contributed by atoms with E-state index in [1.165, 1.54) is 0 Å². The second kappa shape index (κ2) is 6.91. The van der Waals surface area contributed by atoms with Crippen molar-refractivity contribution in [2.75, 3.05) is 6.54 Å². The van der Waals surface area contributed by atoms with Crippen LogP contribution in [0.4, 0.5) is 4.79 Å². The fourth-order valence-electron chi connectivity index (χ4n) is 1.52. The van der Waals surface area contributed by atoms with Gasteiger partial charge in [-0.2, -0.15) is 0 Å². The quantitative estimate of drug-likeness (QED) is 0.728. The zero-order valence-corrected chi connectivity index (χ0v) is 10.4. The van der Waals surface area contributed by atoms with Crippen molar-refractivity contribution in [2.45, 2.75) is 32.4 Å². The molecule has 0 bridgehead atoms. The largest absolute Gasteiger partial charge is 0.338 e. The molecule has 2 amide bonds. The standard InChI is InChI=1S/C13H21N3O/c1-10(2)16-13(17)15-9-8-12(14)11-6-4-3-5-7-11/h3-7,10,12H,8-9,14H2,1-2H3,(H2,15,16,17). The van der Waals surface area contributed by atoms with Crippen molar-refractivity contribution in [3.05, 3.63) is 35.9 Å². The molecule has 0 saturated heterocycles. The molecule has 4 heteroatoms. The van der Waals surface area contributed by atoms with E-state index in [1.54, 1.807) is 0 Å². The molecule has 94 valence electrons. The van der Waals surface area contributed by atoms with Crippen LogP contribution in [0.5, 0.6) is 0 Å². The molecule has 1 atom stereocenters. The van der Waals surface area contributed by atoms with E-state index in [1.807, 2.05) is 44.2 Å². The van der Waals surface area contributed by atoms with Gasteiger partial charge in [-0.05, 0) is 25.8 Å². The van der Waals surface area contributed by atoms with Crippen molar-refractivity contribution >= 4 is 6.03 Å². The number of hydrogen-bond acceptors (Lipinski definition) is 2. The molecule has 1 aromatic carbocycles. The van der Waals surface area contributed by atoms with Gasteiger partial charge in [0.1, 0.15) is 0 Å². The highest BCUT2D eigenvalue weighted by Crippen LogP contribution is 2.11. The zero-order valence-electron chi connectivity index (χ0n) is 10.4. The van der Waals surface area contributed by atoms with E-state index in [-0.39, 0.29) is 18.1 Å². The Morgan fingerprint density at radius 1 is 1.29 bits per heavy atom. The van der Waals surface area contributed by atoms with E-state index in [2.05, 4.69) is 10.6 Å². The molecule has 0 aliphatic heterocycles. The maximum atomic E-state index is 11.3. The first-order chi connectivity index (χ1) is 8.09. The van der Waals surface area contributed by atoms with Gasteiger partial charge in [0, 0.05) is 18.6 Å². The van der Waals surface area contributed by atoms with Crippen LogP contribution in [0.2, 0.25) is 0 Å². The summed E-state index contributed by atoms with van der Waals surface area (Å²) in [5, 5.41) is 5.55. The predicted octanol–water partition coefficient (Wildman–Crippen LogP) is 1.78. The average Bonchev–Trinajstić information content (AvgIpc) is 2.29. The van der Waals surface area contributed by atoms with Gasteiger partial charge in [0.2, 0.25) is 0 Å². The summed E-state index contributed by atoms with van der Waals surface area (Å²) in [5.74, 6) is 0. The number of nitrogens with one attached hydrogen (secondary N) is 2. The molecule has 1 rings (SSSR count). The fraction of sp³-hybridized carbons (Fsp3) is 0.462. The summed E-state index contributed by atoms with van der Waals surface area (Å²) in [7, 11) is 0. The SMILES string of the molecule is CC(C)NC(=O)NCCC(N)c1ccccc1. The summed E-state index contributed by atoms with van der Waals surface area (Å²) in [6, 6.07) is 9.87. The van der Waals surface area contributed by atoms with Crippen LogP contribution in [0.3, 0.4) is 0 Å². The van der Waals surface area contributed by atoms with Gasteiger partial charge in [-0.15, -0.1) is 0 Å². The molecule has 0 heterocycles. The third-order valence-corrected chi connectivity index (χ3v) is 2.39. The molecular weight excluding hydrogens is 214 g/mol. The minimum Gasteiger partial charge on any atom is -0.338 e. The van der Waals surface area contributed by atoms with Gasteiger partial charge < -0.3 is 16.4 Å². The lowest BCUT2D eigenvalue weighted by Crippen LogP contribution is -2.40. The maximum Gasteiger partial charge on any atom is 0.314 e. The monoisotopic (exact) mass is 235 g/mol. The van der Waals surface area contributed by atoms with Gasteiger partial charge >= 0.3 is 6.03 Å². The Morgan fingerprint density at radius 2 is 1.94 bits per heavy atom. The molecule has 0 aliphatic carbocycles. The Balaban J connectivity index is 2.25. The summed E-state index contributed by atoms with van der Waals surface area (Å²) in [4.78, 5) is 11.3. The first kappa shape index (κ1) is 13.5. The van der Waals surface area contributed by atoms with Crippen LogP contribution in [0.25, 0.3) is 0 Å². The third kappa shape index (κ3) is 5.36. The third-order valence-electron chi connectivity index (χ3n) is 2.39. The summed E-state index contributed by atoms with van der Waals surface area (Å²) in [5.41, 5.74) is 7.11. The zero-order chi connectivity index (χ0) is 12.7. The lowest BCUT2D eigenvalue weighted by Gasteiger charge is -2.14. The lowest BCUT2D eigenvalue weighted by atomic mass is 10.1. The van der Waals surface area contributed by atoms with E-state index in [0.29, 0.717) is 6.54 Å². The van der Waals surface area contributed by atoms with Crippen molar-refractivity contribution in [1.82, 2.24) is 10.6 Å². The molecule has 1 unspecified atom stereocenters. The first-order valence-corrected chi connectivity index (χ1v) is 5.94. The molecule has 0 saturated carbocycles. The van der Waals surface area contributed by atoms with Gasteiger partial charge in [0.05, 0.1) is 0 Å². The Hall–Kier alpha value is -1.55. The van der Waals surface area contributed by atoms with Crippen LogP contribution in [0, 0.1) is 0 Å². The number of amides is 2. The van der Waals surface area contributed by atoms with Crippen LogP contribution in [-0.4, -0.2) is 18.6 Å². The fourth-order valence-corrected chi connectivity index (χ4v) is 1.52. The van der Waals surface area contributed by atoms with E-state index < -0.39 is 0 Å². The van der Waals surface area contributed by atoms with Crippen molar-refractivity contribution in [3.8, 4) is 0 Å². The number of benzene rings is 1. The number of rotatable bonds is 5. The van der Waals surface area contributed by atoms with E-state index in [4.69, 9.17) is 5.73 Å². The Labute approximate surface area is 103 Å². The molecule has 0 spiro atoms. The minimum atomic E-state index is -0.139. The molecule has 0 aliphatic rings. The first-order valence-electron chi connectivity index (χ1n) is 5.94. The summed E-state index contributed by atoms with van der Waals surface area (Å²) >= 11 is 0. The van der Waals surface area contributed by atoms with E-state index in [0.717, 1.165) is 12.0 Å². The molecule has 0 fully saturated rings. The maximum absolute atomic E-state index is 11.3. The van der Waals surface area contributed by atoms with E-state index in [9.17, 15) is 4.79 Å². The van der Waals surface area contributed by atoms with Crippen molar-refractivity contribution < 1.29 is 4.79 Å². The smallest absolute Gasteiger partial charge is 0.314 e. The molecule has 1 aromatic rings. The van der Waals surface area contributed by atoms with Crippen LogP contribution >= 0.6 is 0 Å². The number of nitrogens with two attached hydrogens (primary N) is 1. The van der Waals surface area contributed by atoms with Gasteiger partial charge in [-0.1, -0.05) is 30.3 Å². The summed E-state index contributed by atoms with van der Waals surface area (Å²) in [6.45, 7) is 4.43. The highest BCUT2D eigenvalue weighted by Gasteiger charge is 2.06. The Kier molecular flexibility index (Phi) is 5.49. The average molecular weight is 235 g/mol. The van der Waals surface area contributed by atoms with Crippen molar-refractivity contribution in [3.63, 3.8) is 0 Å². The second-order valence-corrected chi connectivity index (χ2v) is 4.36. The number of carbonyl (C=O) groups excluding carboxylic acids is 1. The summed E-state index contributed by atoms with van der Waals surface area (Å²) in [6.07, 6.45) is 0.732. The molecule has 4 N–H and O–H groups in total. The second-order valence-electron chi connectivity index (χ2n) is 4.36. The Bertz CT molecular complexity index is 338. The van der Waals surface area contributed by atoms with Gasteiger partial charge in [-0.3, -0.25) is 0 Å². The van der Waals surface area contributed by atoms with Gasteiger partial charge in [-0.25, -0.2) is 4.79 Å². The molecular formula is C13H21N3O. The topological polar surface area (TPSA) is 67.2 Å². The van der Waals surface area contributed by atoms with Crippen LogP contribution < -0.4 is 16.4 Å². The van der Waals surface area contributed by atoms with Gasteiger partial charge in [0.15, 0.2) is 0 Å². The highest BCUT2D eigenvalue weighted by atomic mass is 16.2. The van der Waals surface area contributed by atoms with Crippen LogP contribution in [0.1, 0.15) is 31.9 Å². The van der Waals surface area contributed by atoms with E-state index >= 15 is 0 Å². The number of hydrogen-bond donors (Lipinski definition) is 3.